The van der Waals surface area contributed by atoms with Crippen LogP contribution in [0.2, 0.25) is 0 Å². The molecule has 1 atom stereocenters. The number of nitrogens with one attached hydrogen (secondary N) is 1. The number of benzene rings is 1. The fourth-order valence-electron chi connectivity index (χ4n) is 4.03. The molecule has 0 bridgehead atoms. The maximum atomic E-state index is 14.3. The molecule has 3 aromatic heterocycles. The molecule has 1 saturated heterocycles. The molecule has 1 unspecified atom stereocenters. The van der Waals surface area contributed by atoms with Crippen LogP contribution >= 0.6 is 0 Å². The van der Waals surface area contributed by atoms with Crippen LogP contribution in [0, 0.1) is 5.82 Å². The SMILES string of the molecule is O=C(Nc1ccc(N2CCC2)nc1)c1cc2cc(F)cnc2n1C(c1ccccc1)C(F)(F)F. The van der Waals surface area contributed by atoms with E-state index in [1.165, 1.54) is 36.5 Å². The normalized spacial score (nSPS) is 14.6. The van der Waals surface area contributed by atoms with E-state index in [0.29, 0.717) is 5.69 Å². The van der Waals surface area contributed by atoms with Gasteiger partial charge in [0, 0.05) is 18.5 Å². The highest BCUT2D eigenvalue weighted by atomic mass is 19.4. The van der Waals surface area contributed by atoms with Crippen LogP contribution in [0.25, 0.3) is 11.0 Å². The molecule has 5 rings (SSSR count). The van der Waals surface area contributed by atoms with Crippen molar-refractivity contribution in [3.8, 4) is 0 Å². The summed E-state index contributed by atoms with van der Waals surface area (Å²) in [5.74, 6) is -0.744. The second kappa shape index (κ2) is 8.44. The van der Waals surface area contributed by atoms with Gasteiger partial charge in [-0.3, -0.25) is 4.79 Å². The molecular formula is C24H19F4N5O. The highest BCUT2D eigenvalue weighted by molar-refractivity contribution is 6.06. The lowest BCUT2D eigenvalue weighted by molar-refractivity contribution is -0.156. The Bertz CT molecular complexity index is 1330. The second-order valence-corrected chi connectivity index (χ2v) is 8.02. The van der Waals surface area contributed by atoms with Gasteiger partial charge in [0.2, 0.25) is 0 Å². The first-order valence-corrected chi connectivity index (χ1v) is 10.6. The molecule has 1 fully saturated rings. The fourth-order valence-corrected chi connectivity index (χ4v) is 4.03. The van der Waals surface area contributed by atoms with Gasteiger partial charge >= 0.3 is 6.18 Å². The van der Waals surface area contributed by atoms with Crippen molar-refractivity contribution in [2.75, 3.05) is 23.3 Å². The van der Waals surface area contributed by atoms with E-state index in [1.54, 1.807) is 18.2 Å². The standard InChI is InChI=1S/C24H19F4N5O/c25-17-11-16-12-19(23(34)31-18-7-8-20(29-14-18)32-9-4-10-32)33(22(16)30-13-17)21(24(26,27)28)15-5-2-1-3-6-15/h1-3,5-8,11-14,21H,4,9-10H2,(H,31,34). The number of hydrogen-bond acceptors (Lipinski definition) is 4. The van der Waals surface area contributed by atoms with Crippen molar-refractivity contribution in [3.63, 3.8) is 0 Å². The summed E-state index contributed by atoms with van der Waals surface area (Å²) >= 11 is 0. The van der Waals surface area contributed by atoms with E-state index >= 15 is 0 Å². The van der Waals surface area contributed by atoms with Gasteiger partial charge in [0.1, 0.15) is 23.0 Å². The monoisotopic (exact) mass is 469 g/mol. The predicted octanol–water partition coefficient (Wildman–Crippen LogP) is 5.18. The third-order valence-electron chi connectivity index (χ3n) is 5.74. The van der Waals surface area contributed by atoms with E-state index in [2.05, 4.69) is 20.2 Å². The number of aromatic nitrogens is 3. The molecule has 0 saturated carbocycles. The van der Waals surface area contributed by atoms with Gasteiger partial charge in [-0.05, 0) is 36.2 Å². The lowest BCUT2D eigenvalue weighted by Crippen LogP contribution is -2.37. The Labute approximate surface area is 191 Å². The predicted molar refractivity (Wildman–Crippen MR) is 119 cm³/mol. The summed E-state index contributed by atoms with van der Waals surface area (Å²) in [5, 5.41) is 2.69. The number of halogens is 4. The summed E-state index contributed by atoms with van der Waals surface area (Å²) in [6.45, 7) is 1.81. The fraction of sp³-hybridized carbons (Fsp3) is 0.208. The number of nitrogens with zero attached hydrogens (tertiary/aromatic N) is 4. The van der Waals surface area contributed by atoms with E-state index in [4.69, 9.17) is 0 Å². The van der Waals surface area contributed by atoms with Gasteiger partial charge in [0.05, 0.1) is 18.1 Å². The first-order valence-electron chi connectivity index (χ1n) is 10.6. The van der Waals surface area contributed by atoms with Crippen molar-refractivity contribution in [1.29, 1.82) is 0 Å². The number of pyridine rings is 2. The van der Waals surface area contributed by atoms with Crippen LogP contribution in [-0.4, -0.2) is 39.7 Å². The molecule has 0 radical (unpaired) electrons. The molecule has 174 valence electrons. The average Bonchev–Trinajstić information content (AvgIpc) is 3.12. The van der Waals surface area contributed by atoms with E-state index in [9.17, 15) is 22.4 Å². The van der Waals surface area contributed by atoms with Gasteiger partial charge in [-0.1, -0.05) is 30.3 Å². The van der Waals surface area contributed by atoms with Crippen LogP contribution < -0.4 is 10.2 Å². The minimum atomic E-state index is -4.75. The van der Waals surface area contributed by atoms with Crippen LogP contribution in [0.15, 0.2) is 67.0 Å². The molecule has 1 N–H and O–H groups in total. The van der Waals surface area contributed by atoms with Crippen molar-refractivity contribution in [2.24, 2.45) is 0 Å². The molecule has 4 heterocycles. The molecule has 34 heavy (non-hydrogen) atoms. The summed E-state index contributed by atoms with van der Waals surface area (Å²) in [6.07, 6.45) is -1.38. The highest BCUT2D eigenvalue weighted by Crippen LogP contribution is 2.39. The first kappa shape index (κ1) is 21.9. The minimum Gasteiger partial charge on any atom is -0.356 e. The lowest BCUT2D eigenvalue weighted by Gasteiger charge is -2.31. The molecule has 4 aromatic rings. The maximum Gasteiger partial charge on any atom is 0.413 e. The van der Waals surface area contributed by atoms with Gasteiger partial charge in [-0.25, -0.2) is 14.4 Å². The van der Waals surface area contributed by atoms with Crippen molar-refractivity contribution >= 4 is 28.4 Å². The molecule has 0 aliphatic carbocycles. The van der Waals surface area contributed by atoms with Crippen molar-refractivity contribution in [1.82, 2.24) is 14.5 Å². The summed E-state index contributed by atoms with van der Waals surface area (Å²) in [4.78, 5) is 23.4. The minimum absolute atomic E-state index is 0.0757. The van der Waals surface area contributed by atoms with Gasteiger partial charge < -0.3 is 14.8 Å². The Morgan fingerprint density at radius 2 is 1.76 bits per heavy atom. The summed E-state index contributed by atoms with van der Waals surface area (Å²) in [5.41, 5.74) is -0.197. The van der Waals surface area contributed by atoms with Crippen LogP contribution in [0.4, 0.5) is 29.1 Å². The van der Waals surface area contributed by atoms with Gasteiger partial charge in [-0.2, -0.15) is 13.2 Å². The highest BCUT2D eigenvalue weighted by Gasteiger charge is 2.44. The van der Waals surface area contributed by atoms with Crippen LogP contribution in [-0.2, 0) is 0 Å². The van der Waals surface area contributed by atoms with E-state index in [0.717, 1.165) is 42.2 Å². The lowest BCUT2D eigenvalue weighted by atomic mass is 10.1. The Morgan fingerprint density at radius 3 is 2.38 bits per heavy atom. The van der Waals surface area contributed by atoms with E-state index in [-0.39, 0.29) is 22.3 Å². The number of amides is 1. The molecule has 6 nitrogen and oxygen atoms in total. The number of rotatable bonds is 5. The molecule has 1 aliphatic rings. The molecular weight excluding hydrogens is 450 g/mol. The van der Waals surface area contributed by atoms with Crippen molar-refractivity contribution in [2.45, 2.75) is 18.6 Å². The third kappa shape index (κ3) is 4.07. The maximum absolute atomic E-state index is 14.3. The number of hydrogen-bond donors (Lipinski definition) is 1. The average molecular weight is 469 g/mol. The molecule has 1 aromatic carbocycles. The van der Waals surface area contributed by atoms with Crippen LogP contribution in [0.3, 0.4) is 0 Å². The first-order chi connectivity index (χ1) is 16.3. The molecule has 0 spiro atoms. The van der Waals surface area contributed by atoms with Gasteiger partial charge in [-0.15, -0.1) is 0 Å². The summed E-state index contributed by atoms with van der Waals surface area (Å²) in [6, 6.07) is 10.7. The zero-order valence-electron chi connectivity index (χ0n) is 17.8. The van der Waals surface area contributed by atoms with Gasteiger partial charge in [0.15, 0.2) is 6.04 Å². The van der Waals surface area contributed by atoms with Crippen molar-refractivity contribution < 1.29 is 22.4 Å². The number of fused-ring (bicyclic) bond motifs is 1. The topological polar surface area (TPSA) is 63.1 Å². The largest absolute Gasteiger partial charge is 0.413 e. The Kier molecular flexibility index (Phi) is 5.43. The molecule has 1 aliphatic heterocycles. The number of carbonyl (C=O) groups is 1. The van der Waals surface area contributed by atoms with Crippen LogP contribution in [0.5, 0.6) is 0 Å². The Morgan fingerprint density at radius 1 is 1.00 bits per heavy atom. The van der Waals surface area contributed by atoms with Crippen molar-refractivity contribution in [3.05, 3.63) is 84.1 Å². The number of anilines is 2. The third-order valence-corrected chi connectivity index (χ3v) is 5.74. The zero-order valence-corrected chi connectivity index (χ0v) is 17.8. The van der Waals surface area contributed by atoms with Crippen LogP contribution in [0.1, 0.15) is 28.5 Å². The Hall–Kier alpha value is -3.95. The molecule has 1 amide bonds. The quantitative estimate of drug-likeness (QED) is 0.409. The smallest absolute Gasteiger partial charge is 0.356 e. The number of carbonyl (C=O) groups excluding carboxylic acids is 1. The van der Waals surface area contributed by atoms with Gasteiger partial charge in [0.25, 0.3) is 5.91 Å². The summed E-state index contributed by atoms with van der Waals surface area (Å²) < 4.78 is 57.6. The summed E-state index contributed by atoms with van der Waals surface area (Å²) in [7, 11) is 0. The second-order valence-electron chi connectivity index (χ2n) is 8.02. The molecule has 10 heteroatoms. The van der Waals surface area contributed by atoms with E-state index in [1.807, 2.05) is 0 Å². The zero-order chi connectivity index (χ0) is 23.9. The Balaban J connectivity index is 1.57. The number of alkyl halides is 3. The van der Waals surface area contributed by atoms with E-state index < -0.39 is 23.9 Å².